The van der Waals surface area contributed by atoms with Gasteiger partial charge in [0.2, 0.25) is 0 Å². The number of likely N-dealkylation sites (tertiary alicyclic amines) is 1. The molecule has 1 fully saturated rings. The van der Waals surface area contributed by atoms with Crippen molar-refractivity contribution >= 4 is 11.9 Å². The van der Waals surface area contributed by atoms with E-state index in [1.807, 2.05) is 58.0 Å². The molecule has 0 aliphatic carbocycles. The summed E-state index contributed by atoms with van der Waals surface area (Å²) >= 11 is 0. The van der Waals surface area contributed by atoms with Crippen molar-refractivity contribution in [2.24, 2.45) is 0 Å². The molecule has 3 atom stereocenters. The topological polar surface area (TPSA) is 67.9 Å². The summed E-state index contributed by atoms with van der Waals surface area (Å²) in [5.41, 5.74) is 0.429. The van der Waals surface area contributed by atoms with E-state index >= 15 is 0 Å². The van der Waals surface area contributed by atoms with Gasteiger partial charge < -0.3 is 14.8 Å². The van der Waals surface area contributed by atoms with Gasteiger partial charge in [-0.2, -0.15) is 0 Å². The summed E-state index contributed by atoms with van der Waals surface area (Å²) in [6.45, 7) is 9.72. The highest BCUT2D eigenvalue weighted by Crippen LogP contribution is 2.38. The minimum absolute atomic E-state index is 0.350. The van der Waals surface area contributed by atoms with Crippen LogP contribution in [-0.2, 0) is 14.3 Å². The molecule has 3 unspecified atom stereocenters. The van der Waals surface area contributed by atoms with Crippen LogP contribution in [0.4, 0.5) is 4.79 Å². The highest BCUT2D eigenvalue weighted by atomic mass is 16.7. The Morgan fingerprint density at radius 2 is 1.92 bits per heavy atom. The number of nitrogens with zero attached hydrogens (tertiary/aromatic N) is 1. The van der Waals surface area contributed by atoms with Gasteiger partial charge in [0.1, 0.15) is 6.04 Å². The van der Waals surface area contributed by atoms with Crippen molar-refractivity contribution < 1.29 is 19.1 Å². The predicted molar refractivity (Wildman–Crippen MR) is 90.3 cm³/mol. The number of ether oxygens (including phenoxy) is 2. The summed E-state index contributed by atoms with van der Waals surface area (Å²) in [5, 5.41) is 2.83. The van der Waals surface area contributed by atoms with Crippen LogP contribution in [0, 0.1) is 0 Å². The average molecular weight is 334 g/mol. The maximum absolute atomic E-state index is 12.5. The molecule has 0 saturated carbocycles. The number of rotatable bonds is 5. The Hall–Kier alpha value is -1.92. The highest BCUT2D eigenvalue weighted by molar-refractivity contribution is 6.03. The number of β-lactam (4-membered cyclic amide) rings is 1. The molecule has 0 bridgehead atoms. The number of benzene rings is 1. The molecular formula is C18H26N2O4. The number of urea groups is 1. The van der Waals surface area contributed by atoms with E-state index in [1.54, 1.807) is 6.92 Å². The normalized spacial score (nSPS) is 22.0. The number of carbonyl (C=O) groups is 2. The first-order chi connectivity index (χ1) is 11.2. The monoisotopic (exact) mass is 334 g/mol. The molecule has 3 amide bonds. The van der Waals surface area contributed by atoms with Crippen LogP contribution in [0.3, 0.4) is 0 Å². The van der Waals surface area contributed by atoms with Crippen LogP contribution in [0.25, 0.3) is 0 Å². The number of hydrogen-bond donors (Lipinski definition) is 1. The third-order valence-electron chi connectivity index (χ3n) is 3.63. The fourth-order valence-electron chi connectivity index (χ4n) is 2.66. The van der Waals surface area contributed by atoms with Gasteiger partial charge in [0.15, 0.2) is 12.4 Å². The summed E-state index contributed by atoms with van der Waals surface area (Å²) in [4.78, 5) is 26.2. The Bertz CT molecular complexity index is 582. The van der Waals surface area contributed by atoms with E-state index < -0.39 is 30.0 Å². The third kappa shape index (κ3) is 4.13. The molecule has 1 aromatic rings. The van der Waals surface area contributed by atoms with Gasteiger partial charge in [-0.1, -0.05) is 30.3 Å². The number of nitrogens with one attached hydrogen (secondary N) is 1. The molecule has 132 valence electrons. The van der Waals surface area contributed by atoms with E-state index in [9.17, 15) is 9.59 Å². The molecule has 1 aliphatic rings. The standard InChI is InChI=1S/C18H26N2O4/c1-6-23-12(2)24-15-14(13-10-8-7-9-11-13)20(16(15)21)17(22)19-18(3,4)5/h7-12,14-15H,6H2,1-5H3,(H,19,22). The molecule has 2 rings (SSSR count). The van der Waals surface area contributed by atoms with Crippen LogP contribution in [0.5, 0.6) is 0 Å². The van der Waals surface area contributed by atoms with Crippen LogP contribution < -0.4 is 5.32 Å². The van der Waals surface area contributed by atoms with Crippen molar-refractivity contribution in [3.8, 4) is 0 Å². The number of carbonyl (C=O) groups excluding carboxylic acids is 2. The minimum Gasteiger partial charge on any atom is -0.353 e. The van der Waals surface area contributed by atoms with Crippen LogP contribution in [0.2, 0.25) is 0 Å². The number of hydrogen-bond acceptors (Lipinski definition) is 4. The molecule has 1 heterocycles. The Morgan fingerprint density at radius 1 is 1.29 bits per heavy atom. The zero-order valence-electron chi connectivity index (χ0n) is 14.9. The second-order valence-corrected chi connectivity index (χ2v) is 6.82. The second-order valence-electron chi connectivity index (χ2n) is 6.82. The smallest absolute Gasteiger partial charge is 0.325 e. The van der Waals surface area contributed by atoms with Gasteiger partial charge in [-0.3, -0.25) is 9.69 Å². The lowest BCUT2D eigenvalue weighted by Gasteiger charge is -2.46. The van der Waals surface area contributed by atoms with Crippen LogP contribution in [0.1, 0.15) is 46.2 Å². The molecular weight excluding hydrogens is 308 g/mol. The summed E-state index contributed by atoms with van der Waals surface area (Å²) < 4.78 is 11.1. The largest absolute Gasteiger partial charge is 0.353 e. The van der Waals surface area contributed by atoms with E-state index in [1.165, 1.54) is 4.90 Å². The van der Waals surface area contributed by atoms with Crippen molar-refractivity contribution in [1.82, 2.24) is 10.2 Å². The lowest BCUT2D eigenvalue weighted by atomic mass is 9.90. The molecule has 1 aliphatic heterocycles. The summed E-state index contributed by atoms with van der Waals surface area (Å²) in [6.07, 6.45) is -1.23. The van der Waals surface area contributed by atoms with Crippen molar-refractivity contribution in [2.45, 2.75) is 58.6 Å². The second kappa shape index (κ2) is 7.32. The van der Waals surface area contributed by atoms with Gasteiger partial charge in [-0.05, 0) is 40.2 Å². The molecule has 1 N–H and O–H groups in total. The Morgan fingerprint density at radius 3 is 2.46 bits per heavy atom. The van der Waals surface area contributed by atoms with Gasteiger partial charge in [0, 0.05) is 12.1 Å². The lowest BCUT2D eigenvalue weighted by molar-refractivity contribution is -0.208. The fourth-order valence-corrected chi connectivity index (χ4v) is 2.66. The Kier molecular flexibility index (Phi) is 5.62. The van der Waals surface area contributed by atoms with Crippen molar-refractivity contribution in [2.75, 3.05) is 6.61 Å². The highest BCUT2D eigenvalue weighted by Gasteiger charge is 2.53. The Labute approximate surface area is 143 Å². The maximum Gasteiger partial charge on any atom is 0.325 e. The van der Waals surface area contributed by atoms with E-state index in [4.69, 9.17) is 9.47 Å². The van der Waals surface area contributed by atoms with E-state index in [2.05, 4.69) is 5.32 Å². The van der Waals surface area contributed by atoms with Gasteiger partial charge in [0.05, 0.1) is 0 Å². The average Bonchev–Trinajstić information content (AvgIpc) is 2.49. The molecule has 24 heavy (non-hydrogen) atoms. The lowest BCUT2D eigenvalue weighted by Crippen LogP contribution is -2.66. The minimum atomic E-state index is -0.723. The van der Waals surface area contributed by atoms with E-state index in [0.717, 1.165) is 5.56 Å². The van der Waals surface area contributed by atoms with E-state index in [0.29, 0.717) is 6.61 Å². The third-order valence-corrected chi connectivity index (χ3v) is 3.63. The van der Waals surface area contributed by atoms with E-state index in [-0.39, 0.29) is 5.91 Å². The van der Waals surface area contributed by atoms with Crippen LogP contribution >= 0.6 is 0 Å². The molecule has 6 heteroatoms. The van der Waals surface area contributed by atoms with Crippen molar-refractivity contribution in [1.29, 1.82) is 0 Å². The first-order valence-electron chi connectivity index (χ1n) is 8.22. The maximum atomic E-state index is 12.5. The molecule has 1 saturated heterocycles. The van der Waals surface area contributed by atoms with Crippen LogP contribution in [-0.4, -0.2) is 41.4 Å². The SMILES string of the molecule is CCOC(C)OC1C(=O)N(C(=O)NC(C)(C)C)C1c1ccccc1. The van der Waals surface area contributed by atoms with Crippen molar-refractivity contribution in [3.05, 3.63) is 35.9 Å². The fraction of sp³-hybridized carbons (Fsp3) is 0.556. The molecule has 0 radical (unpaired) electrons. The summed E-state index contributed by atoms with van der Waals surface area (Å²) in [7, 11) is 0. The zero-order valence-corrected chi connectivity index (χ0v) is 14.9. The van der Waals surface area contributed by atoms with Gasteiger partial charge in [0.25, 0.3) is 5.91 Å². The number of amides is 3. The van der Waals surface area contributed by atoms with Gasteiger partial charge >= 0.3 is 6.03 Å². The Balaban J connectivity index is 2.21. The summed E-state index contributed by atoms with van der Waals surface area (Å²) in [6, 6.07) is 8.55. The predicted octanol–water partition coefficient (Wildman–Crippen LogP) is 2.85. The van der Waals surface area contributed by atoms with Crippen molar-refractivity contribution in [3.63, 3.8) is 0 Å². The number of imide groups is 1. The molecule has 0 aromatic heterocycles. The summed E-state index contributed by atoms with van der Waals surface area (Å²) in [5.74, 6) is -0.350. The molecule has 6 nitrogen and oxygen atoms in total. The zero-order chi connectivity index (χ0) is 17.9. The first-order valence-corrected chi connectivity index (χ1v) is 8.22. The molecule has 0 spiro atoms. The van der Waals surface area contributed by atoms with Gasteiger partial charge in [-0.25, -0.2) is 4.79 Å². The molecule has 1 aromatic carbocycles. The van der Waals surface area contributed by atoms with Crippen LogP contribution in [0.15, 0.2) is 30.3 Å². The quantitative estimate of drug-likeness (QED) is 0.664. The first kappa shape index (κ1) is 18.4. The van der Waals surface area contributed by atoms with Gasteiger partial charge in [-0.15, -0.1) is 0 Å².